The van der Waals surface area contributed by atoms with E-state index >= 15 is 0 Å². The molecule has 5 nitrogen and oxygen atoms in total. The molecule has 8 heteroatoms. The first-order valence-electron chi connectivity index (χ1n) is 5.38. The monoisotopic (exact) mass is 330 g/mol. The van der Waals surface area contributed by atoms with Gasteiger partial charge in [0, 0.05) is 12.5 Å². The lowest BCUT2D eigenvalue weighted by atomic mass is 10.3. The highest BCUT2D eigenvalue weighted by atomic mass is 79.9. The number of hydrogen-bond acceptors (Lipinski definition) is 3. The average Bonchev–Trinajstić information content (AvgIpc) is 2.84. The van der Waals surface area contributed by atoms with Crippen molar-refractivity contribution in [1.29, 1.82) is 0 Å². The number of benzene rings is 1. The van der Waals surface area contributed by atoms with Crippen molar-refractivity contribution in [1.82, 2.24) is 15.2 Å². The molecule has 1 aromatic carbocycles. The molecule has 0 radical (unpaired) electrons. The molecule has 19 heavy (non-hydrogen) atoms. The van der Waals surface area contributed by atoms with Crippen LogP contribution in [0.3, 0.4) is 0 Å². The Labute approximate surface area is 115 Å². The van der Waals surface area contributed by atoms with Crippen LogP contribution in [-0.2, 0) is 6.42 Å². The van der Waals surface area contributed by atoms with Crippen molar-refractivity contribution < 1.29 is 13.6 Å². The second kappa shape index (κ2) is 5.43. The number of aromatic amines is 1. The second-order valence-electron chi connectivity index (χ2n) is 3.66. The predicted molar refractivity (Wildman–Crippen MR) is 67.8 cm³/mol. The lowest BCUT2D eigenvalue weighted by molar-refractivity contribution is 0.101. The Bertz CT molecular complexity index is 629. The molecule has 1 heterocycles. The number of rotatable bonds is 3. The van der Waals surface area contributed by atoms with E-state index in [9.17, 15) is 13.6 Å². The number of amides is 1. The quantitative estimate of drug-likeness (QED) is 0.850. The number of H-pyrrole nitrogens is 1. The summed E-state index contributed by atoms with van der Waals surface area (Å²) in [6.45, 7) is 1.84. The van der Waals surface area contributed by atoms with Crippen molar-refractivity contribution in [2.45, 2.75) is 13.3 Å². The minimum Gasteiger partial charge on any atom is -0.317 e. The van der Waals surface area contributed by atoms with Gasteiger partial charge in [-0.3, -0.25) is 9.89 Å². The first-order chi connectivity index (χ1) is 9.01. The molecule has 0 saturated heterocycles. The molecule has 2 N–H and O–H groups in total. The molecule has 0 aliphatic rings. The lowest BCUT2D eigenvalue weighted by Crippen LogP contribution is -2.15. The van der Waals surface area contributed by atoms with Gasteiger partial charge in [-0.25, -0.2) is 13.8 Å². The van der Waals surface area contributed by atoms with Gasteiger partial charge in [-0.05, 0) is 22.0 Å². The minimum atomic E-state index is -0.757. The molecular weight excluding hydrogens is 322 g/mol. The van der Waals surface area contributed by atoms with Crippen LogP contribution in [0.2, 0.25) is 0 Å². The van der Waals surface area contributed by atoms with Gasteiger partial charge in [0.15, 0.2) is 0 Å². The molecule has 0 fully saturated rings. The summed E-state index contributed by atoms with van der Waals surface area (Å²) in [7, 11) is 0. The summed E-state index contributed by atoms with van der Waals surface area (Å²) in [5.74, 6) is -1.74. The third kappa shape index (κ3) is 2.95. The fourth-order valence-corrected chi connectivity index (χ4v) is 1.67. The van der Waals surface area contributed by atoms with Crippen molar-refractivity contribution >= 4 is 27.5 Å². The molecule has 0 spiro atoms. The third-order valence-electron chi connectivity index (χ3n) is 2.33. The molecule has 0 bridgehead atoms. The molecule has 2 aromatic rings. The Morgan fingerprint density at radius 2 is 2.16 bits per heavy atom. The Hall–Kier alpha value is -1.83. The summed E-state index contributed by atoms with van der Waals surface area (Å²) in [5, 5.41) is 8.45. The van der Waals surface area contributed by atoms with Crippen molar-refractivity contribution in [2.75, 3.05) is 5.32 Å². The van der Waals surface area contributed by atoms with Crippen LogP contribution in [-0.4, -0.2) is 21.1 Å². The van der Waals surface area contributed by atoms with Crippen LogP contribution < -0.4 is 5.32 Å². The number of carbonyl (C=O) groups excluding carboxylic acids is 1. The van der Waals surface area contributed by atoms with Crippen LogP contribution in [0.5, 0.6) is 0 Å². The number of hydrogen-bond donors (Lipinski definition) is 2. The Morgan fingerprint density at radius 3 is 2.79 bits per heavy atom. The minimum absolute atomic E-state index is 0.0193. The molecular formula is C11H9BrF2N4O. The average molecular weight is 331 g/mol. The van der Waals surface area contributed by atoms with Gasteiger partial charge in [0.05, 0.1) is 10.2 Å². The van der Waals surface area contributed by atoms with E-state index in [4.69, 9.17) is 0 Å². The van der Waals surface area contributed by atoms with Crippen LogP contribution in [0.1, 0.15) is 23.4 Å². The molecule has 0 aliphatic carbocycles. The SMILES string of the molecule is CCc1nc(C(=O)Nc2cc(F)c(Br)cc2F)n[nH]1. The number of nitrogens with zero attached hydrogens (tertiary/aromatic N) is 2. The Kier molecular flexibility index (Phi) is 3.89. The van der Waals surface area contributed by atoms with Gasteiger partial charge in [-0.2, -0.15) is 0 Å². The maximum atomic E-state index is 13.5. The van der Waals surface area contributed by atoms with Gasteiger partial charge >= 0.3 is 0 Å². The van der Waals surface area contributed by atoms with E-state index in [1.54, 1.807) is 0 Å². The number of nitrogens with one attached hydrogen (secondary N) is 2. The summed E-state index contributed by atoms with van der Waals surface area (Å²) in [5.41, 5.74) is -0.270. The van der Waals surface area contributed by atoms with Crippen molar-refractivity contribution in [2.24, 2.45) is 0 Å². The Balaban J connectivity index is 2.21. The molecule has 0 atom stereocenters. The summed E-state index contributed by atoms with van der Waals surface area (Å²) in [6.07, 6.45) is 0.585. The predicted octanol–water partition coefficient (Wildman–Crippen LogP) is 2.66. The molecule has 0 saturated carbocycles. The normalized spacial score (nSPS) is 10.5. The topological polar surface area (TPSA) is 70.7 Å². The smallest absolute Gasteiger partial charge is 0.295 e. The van der Waals surface area contributed by atoms with Gasteiger partial charge < -0.3 is 5.32 Å². The largest absolute Gasteiger partial charge is 0.317 e. The fraction of sp³-hybridized carbons (Fsp3) is 0.182. The van der Waals surface area contributed by atoms with Crippen LogP contribution in [0.25, 0.3) is 0 Å². The molecule has 1 amide bonds. The number of anilines is 1. The van der Waals surface area contributed by atoms with E-state index in [2.05, 4.69) is 36.4 Å². The standard InChI is InChI=1S/C11H9BrF2N4O/c1-2-9-16-10(18-17-9)11(19)15-8-4-6(13)5(12)3-7(8)14/h3-4H,2H2,1H3,(H,15,19)(H,16,17,18). The highest BCUT2D eigenvalue weighted by Crippen LogP contribution is 2.23. The van der Waals surface area contributed by atoms with E-state index in [-0.39, 0.29) is 16.0 Å². The van der Waals surface area contributed by atoms with E-state index in [1.165, 1.54) is 0 Å². The summed E-state index contributed by atoms with van der Waals surface area (Å²) in [4.78, 5) is 15.6. The van der Waals surface area contributed by atoms with Crippen LogP contribution in [0.15, 0.2) is 16.6 Å². The number of aryl methyl sites for hydroxylation is 1. The third-order valence-corrected chi connectivity index (χ3v) is 2.94. The van der Waals surface area contributed by atoms with Crippen LogP contribution in [0, 0.1) is 11.6 Å². The highest BCUT2D eigenvalue weighted by molar-refractivity contribution is 9.10. The van der Waals surface area contributed by atoms with Gasteiger partial charge in [-0.15, -0.1) is 5.10 Å². The number of halogens is 3. The van der Waals surface area contributed by atoms with Crippen molar-refractivity contribution in [3.05, 3.63) is 39.9 Å². The van der Waals surface area contributed by atoms with Gasteiger partial charge in [-0.1, -0.05) is 6.92 Å². The van der Waals surface area contributed by atoms with Gasteiger partial charge in [0.1, 0.15) is 17.5 Å². The summed E-state index contributed by atoms with van der Waals surface area (Å²) < 4.78 is 26.8. The van der Waals surface area contributed by atoms with E-state index in [0.29, 0.717) is 12.2 Å². The second-order valence-corrected chi connectivity index (χ2v) is 4.51. The molecule has 2 rings (SSSR count). The Morgan fingerprint density at radius 1 is 1.42 bits per heavy atom. The zero-order valence-corrected chi connectivity index (χ0v) is 11.4. The maximum Gasteiger partial charge on any atom is 0.295 e. The molecule has 100 valence electrons. The molecule has 1 aromatic heterocycles. The van der Waals surface area contributed by atoms with E-state index in [1.807, 2.05) is 6.92 Å². The zero-order chi connectivity index (χ0) is 14.0. The maximum absolute atomic E-state index is 13.5. The van der Waals surface area contributed by atoms with Gasteiger partial charge in [0.25, 0.3) is 5.91 Å². The number of carbonyl (C=O) groups is 1. The van der Waals surface area contributed by atoms with Gasteiger partial charge in [0.2, 0.25) is 5.82 Å². The zero-order valence-electron chi connectivity index (χ0n) is 9.80. The highest BCUT2D eigenvalue weighted by Gasteiger charge is 2.15. The molecule has 0 aliphatic heterocycles. The van der Waals surface area contributed by atoms with Crippen molar-refractivity contribution in [3.63, 3.8) is 0 Å². The fourth-order valence-electron chi connectivity index (χ4n) is 1.35. The summed E-state index contributed by atoms with van der Waals surface area (Å²) in [6, 6.07) is 1.81. The molecule has 0 unspecified atom stereocenters. The van der Waals surface area contributed by atoms with Crippen LogP contribution in [0.4, 0.5) is 14.5 Å². The van der Waals surface area contributed by atoms with Crippen LogP contribution >= 0.6 is 15.9 Å². The first-order valence-corrected chi connectivity index (χ1v) is 6.17. The lowest BCUT2D eigenvalue weighted by Gasteiger charge is -2.05. The van der Waals surface area contributed by atoms with Crippen molar-refractivity contribution in [3.8, 4) is 0 Å². The van der Waals surface area contributed by atoms with E-state index in [0.717, 1.165) is 12.1 Å². The first kappa shape index (κ1) is 13.6. The van der Waals surface area contributed by atoms with E-state index < -0.39 is 17.5 Å². The number of aromatic nitrogens is 3. The summed E-state index contributed by atoms with van der Waals surface area (Å²) >= 11 is 2.85.